The number of carbonyl (C=O) groups is 1. The average molecular weight is 266 g/mol. The number of nitrogens with zero attached hydrogens (tertiary/aromatic N) is 2. The first-order valence-electron chi connectivity index (χ1n) is 5.24. The summed E-state index contributed by atoms with van der Waals surface area (Å²) < 4.78 is 6.24. The molecule has 1 aromatic carbocycles. The summed E-state index contributed by atoms with van der Waals surface area (Å²) in [5.74, 6) is 0.217. The van der Waals surface area contributed by atoms with Crippen molar-refractivity contribution in [1.29, 1.82) is 0 Å². The third-order valence-electron chi connectivity index (χ3n) is 2.55. The third-order valence-corrected chi connectivity index (χ3v) is 2.87. The first-order valence-corrected chi connectivity index (χ1v) is 5.62. The number of nitrogen functional groups attached to an aromatic ring is 1. The van der Waals surface area contributed by atoms with E-state index in [9.17, 15) is 4.79 Å². The van der Waals surface area contributed by atoms with E-state index >= 15 is 0 Å². The van der Waals surface area contributed by atoms with Gasteiger partial charge >= 0.3 is 5.97 Å². The van der Waals surface area contributed by atoms with Crippen LogP contribution in [0.4, 0.5) is 5.82 Å². The van der Waals surface area contributed by atoms with Crippen LogP contribution in [0.5, 0.6) is 0 Å². The van der Waals surface area contributed by atoms with E-state index in [1.54, 1.807) is 23.6 Å². The molecule has 1 aromatic heterocycles. The van der Waals surface area contributed by atoms with Crippen LogP contribution in [0.25, 0.3) is 5.69 Å². The number of methoxy groups -OCH3 is 1. The number of hydrogen-bond donors (Lipinski definition) is 1. The molecule has 0 aliphatic carbocycles. The molecule has 2 aromatic rings. The van der Waals surface area contributed by atoms with E-state index in [2.05, 4.69) is 9.72 Å². The van der Waals surface area contributed by atoms with Gasteiger partial charge in [-0.1, -0.05) is 23.7 Å². The number of carbonyl (C=O) groups excluding carboxylic acids is 1. The molecule has 2 N–H and O–H groups in total. The van der Waals surface area contributed by atoms with Crippen LogP contribution in [0.3, 0.4) is 0 Å². The van der Waals surface area contributed by atoms with E-state index in [-0.39, 0.29) is 11.5 Å². The van der Waals surface area contributed by atoms with E-state index in [0.717, 1.165) is 0 Å². The van der Waals surface area contributed by atoms with Gasteiger partial charge in [0.2, 0.25) is 0 Å². The molecule has 18 heavy (non-hydrogen) atoms. The van der Waals surface area contributed by atoms with Gasteiger partial charge in [-0.2, -0.15) is 0 Å². The molecule has 5 nitrogen and oxygen atoms in total. The first kappa shape index (κ1) is 12.4. The molecule has 0 aliphatic heterocycles. The molecule has 0 radical (unpaired) electrons. The molecule has 0 saturated heterocycles. The molecule has 0 atom stereocenters. The number of hydrogen-bond acceptors (Lipinski definition) is 4. The highest BCUT2D eigenvalue weighted by Gasteiger charge is 2.20. The minimum atomic E-state index is -0.568. The van der Waals surface area contributed by atoms with E-state index in [4.69, 9.17) is 17.3 Å². The van der Waals surface area contributed by atoms with Crippen molar-refractivity contribution in [2.75, 3.05) is 12.8 Å². The highest BCUT2D eigenvalue weighted by atomic mass is 35.5. The van der Waals surface area contributed by atoms with Crippen LogP contribution in [0, 0.1) is 6.92 Å². The number of rotatable bonds is 2. The van der Waals surface area contributed by atoms with Crippen LogP contribution in [-0.2, 0) is 4.74 Å². The molecule has 0 spiro atoms. The zero-order chi connectivity index (χ0) is 13.3. The SMILES string of the molecule is COC(=O)c1nc(C)n(-c2ccccc2Cl)c1N. The van der Waals surface area contributed by atoms with Crippen molar-refractivity contribution >= 4 is 23.4 Å². The normalized spacial score (nSPS) is 10.4. The maximum absolute atomic E-state index is 11.5. The molecule has 0 bridgehead atoms. The van der Waals surface area contributed by atoms with Gasteiger partial charge in [-0.15, -0.1) is 0 Å². The summed E-state index contributed by atoms with van der Waals surface area (Å²) in [6.45, 7) is 1.74. The Bertz CT molecular complexity index is 607. The van der Waals surface area contributed by atoms with Gasteiger partial charge in [-0.25, -0.2) is 9.78 Å². The Morgan fingerprint density at radius 2 is 2.11 bits per heavy atom. The predicted octanol–water partition coefficient (Wildman–Crippen LogP) is 2.20. The molecular formula is C12H12ClN3O2. The summed E-state index contributed by atoms with van der Waals surface area (Å²) >= 11 is 6.11. The van der Waals surface area contributed by atoms with Gasteiger partial charge < -0.3 is 10.5 Å². The number of halogens is 1. The van der Waals surface area contributed by atoms with Crippen molar-refractivity contribution in [2.24, 2.45) is 0 Å². The van der Waals surface area contributed by atoms with Gasteiger partial charge in [-0.3, -0.25) is 4.57 Å². The first-order chi connectivity index (χ1) is 8.56. The molecule has 0 aliphatic rings. The highest BCUT2D eigenvalue weighted by molar-refractivity contribution is 6.32. The summed E-state index contributed by atoms with van der Waals surface area (Å²) in [7, 11) is 1.28. The van der Waals surface area contributed by atoms with Crippen LogP contribution in [-0.4, -0.2) is 22.6 Å². The van der Waals surface area contributed by atoms with Crippen LogP contribution in [0.2, 0.25) is 5.02 Å². The third kappa shape index (κ3) is 1.93. The molecule has 0 saturated carbocycles. The predicted molar refractivity (Wildman–Crippen MR) is 69.1 cm³/mol. The Morgan fingerprint density at radius 3 is 2.72 bits per heavy atom. The second-order valence-electron chi connectivity index (χ2n) is 3.67. The highest BCUT2D eigenvalue weighted by Crippen LogP contribution is 2.26. The lowest BCUT2D eigenvalue weighted by atomic mass is 10.3. The number of para-hydroxylation sites is 1. The van der Waals surface area contributed by atoms with Crippen LogP contribution < -0.4 is 5.73 Å². The van der Waals surface area contributed by atoms with E-state index in [1.165, 1.54) is 7.11 Å². The minimum Gasteiger partial charge on any atom is -0.464 e. The lowest BCUT2D eigenvalue weighted by molar-refractivity contribution is 0.0596. The summed E-state index contributed by atoms with van der Waals surface area (Å²) in [5, 5.41) is 0.529. The number of imidazole rings is 1. The minimum absolute atomic E-state index is 0.0925. The summed E-state index contributed by atoms with van der Waals surface area (Å²) in [4.78, 5) is 15.6. The van der Waals surface area contributed by atoms with Gasteiger partial charge in [0.15, 0.2) is 5.69 Å². The molecule has 6 heteroatoms. The number of nitrogens with two attached hydrogens (primary N) is 1. The standard InChI is InChI=1S/C12H12ClN3O2/c1-7-15-10(12(17)18-2)11(14)16(7)9-6-4-3-5-8(9)13/h3-6H,14H2,1-2H3. The Hall–Kier alpha value is -2.01. The number of anilines is 1. The molecule has 0 amide bonds. The van der Waals surface area contributed by atoms with Gasteiger partial charge in [-0.05, 0) is 19.1 Å². The van der Waals surface area contributed by atoms with Crippen molar-refractivity contribution in [3.63, 3.8) is 0 Å². The Labute approximate surface area is 109 Å². The number of esters is 1. The average Bonchev–Trinajstić information content (AvgIpc) is 2.65. The quantitative estimate of drug-likeness (QED) is 0.845. The fraction of sp³-hybridized carbons (Fsp3) is 0.167. The smallest absolute Gasteiger partial charge is 0.360 e. The fourth-order valence-electron chi connectivity index (χ4n) is 1.73. The van der Waals surface area contributed by atoms with Gasteiger partial charge in [0.05, 0.1) is 17.8 Å². The molecule has 1 heterocycles. The van der Waals surface area contributed by atoms with Crippen LogP contribution in [0.15, 0.2) is 24.3 Å². The Balaban J connectivity index is 2.63. The lowest BCUT2D eigenvalue weighted by Gasteiger charge is -2.09. The number of ether oxygens (including phenoxy) is 1. The largest absolute Gasteiger partial charge is 0.464 e. The fourth-order valence-corrected chi connectivity index (χ4v) is 1.95. The maximum atomic E-state index is 11.5. The Kier molecular flexibility index (Phi) is 3.25. The van der Waals surface area contributed by atoms with Crippen molar-refractivity contribution in [2.45, 2.75) is 6.92 Å². The van der Waals surface area contributed by atoms with Gasteiger partial charge in [0.25, 0.3) is 0 Å². The van der Waals surface area contributed by atoms with Gasteiger partial charge in [0, 0.05) is 0 Å². The van der Waals surface area contributed by atoms with Crippen molar-refractivity contribution in [1.82, 2.24) is 9.55 Å². The summed E-state index contributed by atoms with van der Waals surface area (Å²) in [6.07, 6.45) is 0. The molecule has 2 rings (SSSR count). The second-order valence-corrected chi connectivity index (χ2v) is 4.08. The molecule has 0 unspecified atom stereocenters. The molecular weight excluding hydrogens is 254 g/mol. The van der Waals surface area contributed by atoms with E-state index < -0.39 is 5.97 Å². The topological polar surface area (TPSA) is 70.1 Å². The van der Waals surface area contributed by atoms with Crippen molar-refractivity contribution in [3.8, 4) is 5.69 Å². The molecule has 94 valence electrons. The zero-order valence-electron chi connectivity index (χ0n) is 9.98. The summed E-state index contributed by atoms with van der Waals surface area (Å²) in [5.41, 5.74) is 6.69. The summed E-state index contributed by atoms with van der Waals surface area (Å²) in [6, 6.07) is 7.19. The van der Waals surface area contributed by atoms with E-state index in [0.29, 0.717) is 16.5 Å². The lowest BCUT2D eigenvalue weighted by Crippen LogP contribution is -2.08. The van der Waals surface area contributed by atoms with Gasteiger partial charge in [0.1, 0.15) is 11.6 Å². The van der Waals surface area contributed by atoms with Crippen molar-refractivity contribution < 1.29 is 9.53 Å². The number of aromatic nitrogens is 2. The van der Waals surface area contributed by atoms with E-state index in [1.807, 2.05) is 12.1 Å². The van der Waals surface area contributed by atoms with Crippen molar-refractivity contribution in [3.05, 3.63) is 40.8 Å². The van der Waals surface area contributed by atoms with Crippen LogP contribution in [0.1, 0.15) is 16.3 Å². The zero-order valence-corrected chi connectivity index (χ0v) is 10.7. The number of aryl methyl sites for hydroxylation is 1. The second kappa shape index (κ2) is 4.70. The molecule has 0 fully saturated rings. The number of benzene rings is 1. The Morgan fingerprint density at radius 1 is 1.44 bits per heavy atom. The van der Waals surface area contributed by atoms with Crippen LogP contribution >= 0.6 is 11.6 Å². The monoisotopic (exact) mass is 265 g/mol. The maximum Gasteiger partial charge on any atom is 0.360 e.